The van der Waals surface area contributed by atoms with Crippen molar-refractivity contribution in [3.8, 4) is 0 Å². The average molecular weight is 275 g/mol. The number of benzene rings is 2. The van der Waals surface area contributed by atoms with E-state index in [4.69, 9.17) is 0 Å². The zero-order chi connectivity index (χ0) is 14.7. The number of fused-ring (bicyclic) bond motifs is 3. The van der Waals surface area contributed by atoms with Gasteiger partial charge in [-0.15, -0.1) is 0 Å². The van der Waals surface area contributed by atoms with Crippen LogP contribution in [-0.4, -0.2) is 4.57 Å². The van der Waals surface area contributed by atoms with Crippen molar-refractivity contribution in [2.75, 3.05) is 0 Å². The molecule has 0 aliphatic carbocycles. The summed E-state index contributed by atoms with van der Waals surface area (Å²) in [7, 11) is 0. The van der Waals surface area contributed by atoms with Crippen molar-refractivity contribution in [1.82, 2.24) is 4.57 Å². The lowest BCUT2D eigenvalue weighted by Crippen LogP contribution is -1.96. The molecule has 0 aliphatic rings. The third-order valence-corrected chi connectivity index (χ3v) is 4.00. The van der Waals surface area contributed by atoms with Crippen LogP contribution in [0.2, 0.25) is 0 Å². The topological polar surface area (TPSA) is 4.93 Å². The molecule has 21 heavy (non-hydrogen) atoms. The van der Waals surface area contributed by atoms with Crippen LogP contribution in [-0.2, 0) is 0 Å². The third kappa shape index (κ3) is 2.40. The van der Waals surface area contributed by atoms with Gasteiger partial charge in [-0.1, -0.05) is 54.6 Å². The molecule has 0 saturated carbocycles. The smallest absolute Gasteiger partial charge is 0.0537 e. The van der Waals surface area contributed by atoms with Gasteiger partial charge in [-0.3, -0.25) is 0 Å². The quantitative estimate of drug-likeness (QED) is 0.514. The Morgan fingerprint density at radius 1 is 0.905 bits per heavy atom. The molecule has 0 radical (unpaired) electrons. The van der Waals surface area contributed by atoms with E-state index in [2.05, 4.69) is 85.2 Å². The standard InChI is InChI=1S/C20H21N/c1-3-5-6-11-16(4-2)21-19-14-9-7-12-17(19)18-13-8-10-15-20(18)21/h3-5,7-10,12-15H,6,11H2,1-2H3/b5-3-,16-4+. The molecular formula is C20H21N. The monoisotopic (exact) mass is 275 g/mol. The summed E-state index contributed by atoms with van der Waals surface area (Å²) in [4.78, 5) is 0. The zero-order valence-corrected chi connectivity index (χ0v) is 12.7. The maximum atomic E-state index is 2.41. The lowest BCUT2D eigenvalue weighted by Gasteiger charge is -2.11. The Hall–Kier alpha value is -2.28. The van der Waals surface area contributed by atoms with Crippen LogP contribution in [0.5, 0.6) is 0 Å². The second kappa shape index (κ2) is 6.01. The van der Waals surface area contributed by atoms with Gasteiger partial charge in [-0.2, -0.15) is 0 Å². The molecule has 1 nitrogen and oxygen atoms in total. The van der Waals surface area contributed by atoms with Crippen molar-refractivity contribution in [3.63, 3.8) is 0 Å². The van der Waals surface area contributed by atoms with Gasteiger partial charge < -0.3 is 4.57 Å². The van der Waals surface area contributed by atoms with Crippen LogP contribution in [0, 0.1) is 0 Å². The molecule has 1 heterocycles. The number of hydrogen-bond donors (Lipinski definition) is 0. The number of nitrogens with zero attached hydrogens (tertiary/aromatic N) is 1. The molecule has 0 fully saturated rings. The van der Waals surface area contributed by atoms with Crippen LogP contribution >= 0.6 is 0 Å². The predicted octanol–water partition coefficient (Wildman–Crippen LogP) is 6.01. The molecule has 106 valence electrons. The molecule has 0 saturated heterocycles. The highest BCUT2D eigenvalue weighted by molar-refractivity contribution is 6.09. The maximum Gasteiger partial charge on any atom is 0.0537 e. The zero-order valence-electron chi connectivity index (χ0n) is 12.7. The normalized spacial score (nSPS) is 12.8. The Morgan fingerprint density at radius 2 is 1.48 bits per heavy atom. The summed E-state index contributed by atoms with van der Waals surface area (Å²) >= 11 is 0. The van der Waals surface area contributed by atoms with E-state index in [1.54, 1.807) is 0 Å². The minimum absolute atomic E-state index is 1.06. The molecule has 0 aliphatic heterocycles. The molecule has 0 unspecified atom stereocenters. The van der Waals surface area contributed by atoms with Gasteiger partial charge in [0.1, 0.15) is 0 Å². The van der Waals surface area contributed by atoms with E-state index in [1.807, 2.05) is 0 Å². The van der Waals surface area contributed by atoms with Crippen molar-refractivity contribution >= 4 is 27.5 Å². The summed E-state index contributed by atoms with van der Waals surface area (Å²) in [5.74, 6) is 0. The SMILES string of the molecule is C/C=C\CC/C(=C\C)n1c2ccccc2c2ccccc21. The first-order valence-corrected chi connectivity index (χ1v) is 7.61. The minimum Gasteiger partial charge on any atom is -0.313 e. The van der Waals surface area contributed by atoms with Crippen molar-refractivity contribution in [2.45, 2.75) is 26.7 Å². The van der Waals surface area contributed by atoms with E-state index < -0.39 is 0 Å². The van der Waals surface area contributed by atoms with Crippen LogP contribution in [0.3, 0.4) is 0 Å². The minimum atomic E-state index is 1.06. The number of rotatable bonds is 4. The summed E-state index contributed by atoms with van der Waals surface area (Å²) in [6, 6.07) is 17.3. The van der Waals surface area contributed by atoms with Crippen LogP contribution in [0.1, 0.15) is 26.7 Å². The summed E-state index contributed by atoms with van der Waals surface area (Å²) in [5.41, 5.74) is 3.96. The molecule has 0 N–H and O–H groups in total. The number of aromatic nitrogens is 1. The van der Waals surface area contributed by atoms with Crippen molar-refractivity contribution in [1.29, 1.82) is 0 Å². The van der Waals surface area contributed by atoms with Crippen molar-refractivity contribution < 1.29 is 0 Å². The largest absolute Gasteiger partial charge is 0.313 e. The van der Waals surface area contributed by atoms with Gasteiger partial charge in [0.25, 0.3) is 0 Å². The Balaban J connectivity index is 2.23. The van der Waals surface area contributed by atoms with E-state index >= 15 is 0 Å². The summed E-state index contributed by atoms with van der Waals surface area (Å²) < 4.78 is 2.41. The molecule has 0 atom stereocenters. The van der Waals surface area contributed by atoms with Gasteiger partial charge in [-0.25, -0.2) is 0 Å². The lowest BCUT2D eigenvalue weighted by molar-refractivity contribution is 0.988. The van der Waals surface area contributed by atoms with Crippen LogP contribution < -0.4 is 0 Å². The molecular weight excluding hydrogens is 254 g/mol. The van der Waals surface area contributed by atoms with Gasteiger partial charge in [0, 0.05) is 16.5 Å². The van der Waals surface area contributed by atoms with Gasteiger partial charge >= 0.3 is 0 Å². The Bertz CT molecular complexity index is 765. The first kappa shape index (κ1) is 13.7. The molecule has 1 aromatic heterocycles. The number of hydrogen-bond acceptors (Lipinski definition) is 0. The van der Waals surface area contributed by atoms with E-state index in [9.17, 15) is 0 Å². The summed E-state index contributed by atoms with van der Waals surface area (Å²) in [6.45, 7) is 4.21. The fourth-order valence-electron chi connectivity index (χ4n) is 3.02. The van der Waals surface area contributed by atoms with Crippen molar-refractivity contribution in [3.05, 3.63) is 66.8 Å². The highest BCUT2D eigenvalue weighted by Gasteiger charge is 2.11. The molecule has 1 heteroatoms. The Morgan fingerprint density at radius 3 is 2.00 bits per heavy atom. The van der Waals surface area contributed by atoms with Gasteiger partial charge in [0.15, 0.2) is 0 Å². The predicted molar refractivity (Wildman–Crippen MR) is 93.4 cm³/mol. The van der Waals surface area contributed by atoms with Gasteiger partial charge in [0.2, 0.25) is 0 Å². The molecule has 0 bridgehead atoms. The van der Waals surface area contributed by atoms with Crippen molar-refractivity contribution in [2.24, 2.45) is 0 Å². The lowest BCUT2D eigenvalue weighted by atomic mass is 10.2. The second-order valence-electron chi connectivity index (χ2n) is 5.26. The first-order valence-electron chi connectivity index (χ1n) is 7.61. The summed E-state index contributed by atoms with van der Waals surface area (Å²) in [5, 5.41) is 2.66. The highest BCUT2D eigenvalue weighted by atomic mass is 15.0. The molecule has 0 spiro atoms. The van der Waals surface area contributed by atoms with Crippen LogP contribution in [0.4, 0.5) is 0 Å². The van der Waals surface area contributed by atoms with E-state index in [0.29, 0.717) is 0 Å². The molecule has 3 rings (SSSR count). The Labute approximate surface area is 126 Å². The fraction of sp³-hybridized carbons (Fsp3) is 0.200. The van der Waals surface area contributed by atoms with Gasteiger partial charge in [-0.05, 0) is 38.8 Å². The second-order valence-corrected chi connectivity index (χ2v) is 5.26. The van der Waals surface area contributed by atoms with Crippen LogP contribution in [0.25, 0.3) is 27.5 Å². The Kier molecular flexibility index (Phi) is 3.92. The molecule has 0 amide bonds. The van der Waals surface area contributed by atoms with E-state index in [-0.39, 0.29) is 0 Å². The fourth-order valence-corrected chi connectivity index (χ4v) is 3.02. The number of para-hydroxylation sites is 2. The highest BCUT2D eigenvalue weighted by Crippen LogP contribution is 2.32. The van der Waals surface area contributed by atoms with E-state index in [1.165, 1.54) is 27.5 Å². The molecule has 2 aromatic carbocycles. The van der Waals surface area contributed by atoms with Gasteiger partial charge in [0.05, 0.1) is 11.0 Å². The third-order valence-electron chi connectivity index (χ3n) is 4.00. The first-order chi connectivity index (χ1) is 10.4. The average Bonchev–Trinajstić information content (AvgIpc) is 2.87. The number of allylic oxidation sites excluding steroid dienone is 4. The maximum absolute atomic E-state index is 2.41. The van der Waals surface area contributed by atoms with E-state index in [0.717, 1.165) is 12.8 Å². The summed E-state index contributed by atoms with van der Waals surface area (Å²) in [6.07, 6.45) is 8.74. The van der Waals surface area contributed by atoms with Crippen LogP contribution in [0.15, 0.2) is 66.8 Å². The molecule has 3 aromatic rings.